The Morgan fingerprint density at radius 3 is 2.68 bits per heavy atom. The Hall–Kier alpha value is -3.14. The molecule has 0 unspecified atom stereocenters. The molecule has 0 aliphatic rings. The van der Waals surface area contributed by atoms with Crippen molar-refractivity contribution in [3.63, 3.8) is 0 Å². The Morgan fingerprint density at radius 1 is 0.818 bits per heavy atom. The molecule has 0 saturated carbocycles. The predicted molar refractivity (Wildman–Crippen MR) is 91.2 cm³/mol. The quantitative estimate of drug-likeness (QED) is 0.544. The maximum atomic E-state index is 6.13. The van der Waals surface area contributed by atoms with Crippen LogP contribution in [0, 0.1) is 0 Å². The number of aromatic nitrogens is 2. The Bertz CT molecular complexity index is 979. The van der Waals surface area contributed by atoms with E-state index in [0.29, 0.717) is 5.69 Å². The molecule has 4 rings (SSSR count). The average molecular weight is 286 g/mol. The molecule has 3 N–H and O–H groups in total. The summed E-state index contributed by atoms with van der Waals surface area (Å²) in [6, 6.07) is 19.7. The van der Waals surface area contributed by atoms with Gasteiger partial charge in [0, 0.05) is 17.0 Å². The van der Waals surface area contributed by atoms with E-state index in [4.69, 9.17) is 5.73 Å². The van der Waals surface area contributed by atoms with Crippen LogP contribution in [-0.4, -0.2) is 9.97 Å². The number of anilines is 3. The van der Waals surface area contributed by atoms with Crippen molar-refractivity contribution >= 4 is 39.0 Å². The Kier molecular flexibility index (Phi) is 2.86. The lowest BCUT2D eigenvalue weighted by Gasteiger charge is -2.12. The van der Waals surface area contributed by atoms with Gasteiger partial charge in [-0.15, -0.1) is 0 Å². The fraction of sp³-hybridized carbons (Fsp3) is 0. The first-order chi connectivity index (χ1) is 10.8. The lowest BCUT2D eigenvalue weighted by Crippen LogP contribution is -1.99. The van der Waals surface area contributed by atoms with Gasteiger partial charge in [0.15, 0.2) is 0 Å². The SMILES string of the molecule is Nc1ccc2ncccc2c1Nc1ccc2ccccc2n1. The van der Waals surface area contributed by atoms with Crippen LogP contribution in [0.5, 0.6) is 0 Å². The van der Waals surface area contributed by atoms with E-state index in [1.165, 1.54) is 0 Å². The van der Waals surface area contributed by atoms with Crippen LogP contribution in [0.15, 0.2) is 66.9 Å². The van der Waals surface area contributed by atoms with Crippen LogP contribution in [0.1, 0.15) is 0 Å². The van der Waals surface area contributed by atoms with Crippen LogP contribution < -0.4 is 11.1 Å². The average Bonchev–Trinajstić information content (AvgIpc) is 2.57. The van der Waals surface area contributed by atoms with Gasteiger partial charge in [-0.05, 0) is 42.5 Å². The molecular formula is C18H14N4. The molecular weight excluding hydrogens is 272 g/mol. The molecule has 0 radical (unpaired) electrons. The lowest BCUT2D eigenvalue weighted by atomic mass is 10.1. The monoisotopic (exact) mass is 286 g/mol. The van der Waals surface area contributed by atoms with Crippen molar-refractivity contribution in [3.05, 3.63) is 66.9 Å². The number of nitrogen functional groups attached to an aromatic ring is 1. The number of nitrogens with zero attached hydrogens (tertiary/aromatic N) is 2. The molecule has 0 aliphatic heterocycles. The molecule has 4 heteroatoms. The molecule has 0 amide bonds. The second-order valence-electron chi connectivity index (χ2n) is 5.11. The summed E-state index contributed by atoms with van der Waals surface area (Å²) >= 11 is 0. The predicted octanol–water partition coefficient (Wildman–Crippen LogP) is 4.11. The zero-order valence-electron chi connectivity index (χ0n) is 11.8. The summed E-state index contributed by atoms with van der Waals surface area (Å²) in [7, 11) is 0. The van der Waals surface area contributed by atoms with E-state index in [1.54, 1.807) is 6.20 Å². The first-order valence-corrected chi connectivity index (χ1v) is 7.07. The summed E-state index contributed by atoms with van der Waals surface area (Å²) in [5, 5.41) is 5.43. The highest BCUT2D eigenvalue weighted by Crippen LogP contribution is 2.31. The summed E-state index contributed by atoms with van der Waals surface area (Å²) in [4.78, 5) is 8.99. The van der Waals surface area contributed by atoms with Gasteiger partial charge >= 0.3 is 0 Å². The molecule has 4 aromatic rings. The van der Waals surface area contributed by atoms with Crippen molar-refractivity contribution in [1.29, 1.82) is 0 Å². The molecule has 22 heavy (non-hydrogen) atoms. The largest absolute Gasteiger partial charge is 0.397 e. The minimum Gasteiger partial charge on any atom is -0.397 e. The molecule has 0 bridgehead atoms. The van der Waals surface area contributed by atoms with E-state index >= 15 is 0 Å². The van der Waals surface area contributed by atoms with Gasteiger partial charge in [0.25, 0.3) is 0 Å². The Balaban J connectivity index is 1.83. The van der Waals surface area contributed by atoms with Gasteiger partial charge < -0.3 is 11.1 Å². The van der Waals surface area contributed by atoms with E-state index in [9.17, 15) is 0 Å². The van der Waals surface area contributed by atoms with E-state index in [1.807, 2.05) is 60.7 Å². The molecule has 0 aliphatic carbocycles. The zero-order chi connectivity index (χ0) is 14.9. The van der Waals surface area contributed by atoms with Crippen molar-refractivity contribution < 1.29 is 0 Å². The molecule has 2 aromatic heterocycles. The van der Waals surface area contributed by atoms with Crippen LogP contribution in [0.25, 0.3) is 21.8 Å². The maximum absolute atomic E-state index is 6.13. The van der Waals surface area contributed by atoms with Crippen molar-refractivity contribution in [2.24, 2.45) is 0 Å². The molecule has 0 saturated heterocycles. The summed E-state index contributed by atoms with van der Waals surface area (Å²) < 4.78 is 0. The maximum Gasteiger partial charge on any atom is 0.131 e. The van der Waals surface area contributed by atoms with Gasteiger partial charge in [-0.2, -0.15) is 0 Å². The van der Waals surface area contributed by atoms with Crippen molar-refractivity contribution in [2.45, 2.75) is 0 Å². The molecule has 2 aromatic carbocycles. The normalized spacial score (nSPS) is 10.9. The van der Waals surface area contributed by atoms with Gasteiger partial charge in [0.1, 0.15) is 5.82 Å². The van der Waals surface area contributed by atoms with Crippen LogP contribution in [0.3, 0.4) is 0 Å². The van der Waals surface area contributed by atoms with Gasteiger partial charge in [0.05, 0.1) is 22.4 Å². The van der Waals surface area contributed by atoms with Crippen LogP contribution in [0.2, 0.25) is 0 Å². The summed E-state index contributed by atoms with van der Waals surface area (Å²) in [5.41, 5.74) is 9.50. The fourth-order valence-corrected chi connectivity index (χ4v) is 2.57. The molecule has 106 valence electrons. The van der Waals surface area contributed by atoms with Gasteiger partial charge in [-0.25, -0.2) is 4.98 Å². The zero-order valence-corrected chi connectivity index (χ0v) is 11.8. The number of fused-ring (bicyclic) bond motifs is 2. The van der Waals surface area contributed by atoms with Crippen LogP contribution >= 0.6 is 0 Å². The standard InChI is InChI=1S/C18H14N4/c19-14-8-9-16-13(5-3-11-20-16)18(14)22-17-10-7-12-4-1-2-6-15(12)21-17/h1-11H,19H2,(H,21,22). The Labute approximate surface area is 127 Å². The molecule has 4 nitrogen and oxygen atoms in total. The highest BCUT2D eigenvalue weighted by atomic mass is 15.0. The van der Waals surface area contributed by atoms with Crippen molar-refractivity contribution in [2.75, 3.05) is 11.1 Å². The number of nitrogens with two attached hydrogens (primary N) is 1. The number of rotatable bonds is 2. The van der Waals surface area contributed by atoms with E-state index in [-0.39, 0.29) is 0 Å². The smallest absolute Gasteiger partial charge is 0.131 e. The number of pyridine rings is 2. The number of para-hydroxylation sites is 1. The van der Waals surface area contributed by atoms with Gasteiger partial charge in [-0.3, -0.25) is 4.98 Å². The van der Waals surface area contributed by atoms with Crippen molar-refractivity contribution in [1.82, 2.24) is 9.97 Å². The number of hydrogen-bond acceptors (Lipinski definition) is 4. The van der Waals surface area contributed by atoms with E-state index < -0.39 is 0 Å². The summed E-state index contributed by atoms with van der Waals surface area (Å²) in [5.74, 6) is 0.766. The second kappa shape index (κ2) is 5.00. The number of benzene rings is 2. The van der Waals surface area contributed by atoms with Gasteiger partial charge in [-0.1, -0.05) is 18.2 Å². The van der Waals surface area contributed by atoms with Crippen LogP contribution in [0.4, 0.5) is 17.2 Å². The molecule has 2 heterocycles. The molecule has 0 atom stereocenters. The fourth-order valence-electron chi connectivity index (χ4n) is 2.57. The first kappa shape index (κ1) is 12.6. The summed E-state index contributed by atoms with van der Waals surface area (Å²) in [6.07, 6.45) is 1.77. The minimum absolute atomic E-state index is 0.676. The van der Waals surface area contributed by atoms with Crippen molar-refractivity contribution in [3.8, 4) is 0 Å². The lowest BCUT2D eigenvalue weighted by molar-refractivity contribution is 1.37. The minimum atomic E-state index is 0.676. The third-order valence-electron chi connectivity index (χ3n) is 3.67. The first-order valence-electron chi connectivity index (χ1n) is 7.07. The molecule has 0 fully saturated rings. The highest BCUT2D eigenvalue weighted by molar-refractivity contribution is 5.99. The molecule has 0 spiro atoms. The number of nitrogens with one attached hydrogen (secondary N) is 1. The third kappa shape index (κ3) is 2.11. The third-order valence-corrected chi connectivity index (χ3v) is 3.67. The number of hydrogen-bond donors (Lipinski definition) is 2. The van der Waals surface area contributed by atoms with E-state index in [0.717, 1.165) is 33.3 Å². The Morgan fingerprint density at radius 2 is 1.73 bits per heavy atom. The van der Waals surface area contributed by atoms with E-state index in [2.05, 4.69) is 15.3 Å². The topological polar surface area (TPSA) is 63.8 Å². The van der Waals surface area contributed by atoms with Gasteiger partial charge in [0.2, 0.25) is 0 Å². The second-order valence-corrected chi connectivity index (χ2v) is 5.11. The van der Waals surface area contributed by atoms with Crippen LogP contribution in [-0.2, 0) is 0 Å². The highest BCUT2D eigenvalue weighted by Gasteiger charge is 2.07. The summed E-state index contributed by atoms with van der Waals surface area (Å²) in [6.45, 7) is 0.